The van der Waals surface area contributed by atoms with Gasteiger partial charge in [0, 0.05) is 35.0 Å². The van der Waals surface area contributed by atoms with E-state index in [-0.39, 0.29) is 5.02 Å². The summed E-state index contributed by atoms with van der Waals surface area (Å²) in [6.45, 7) is 8.33. The van der Waals surface area contributed by atoms with Crippen molar-refractivity contribution in [2.45, 2.75) is 45.6 Å². The van der Waals surface area contributed by atoms with Gasteiger partial charge in [0.1, 0.15) is 5.82 Å². The highest BCUT2D eigenvalue weighted by molar-refractivity contribution is 6.31. The van der Waals surface area contributed by atoms with Gasteiger partial charge in [-0.25, -0.2) is 9.37 Å². The van der Waals surface area contributed by atoms with Gasteiger partial charge in [0.15, 0.2) is 0 Å². The molecule has 0 atom stereocenters. The van der Waals surface area contributed by atoms with E-state index in [1.165, 1.54) is 11.6 Å². The van der Waals surface area contributed by atoms with Crippen LogP contribution in [0, 0.1) is 5.82 Å². The molecule has 0 unspecified atom stereocenters. The van der Waals surface area contributed by atoms with Crippen molar-refractivity contribution in [1.29, 1.82) is 0 Å². The van der Waals surface area contributed by atoms with Gasteiger partial charge >= 0.3 is 0 Å². The van der Waals surface area contributed by atoms with Crippen molar-refractivity contribution >= 4 is 34.1 Å². The van der Waals surface area contributed by atoms with E-state index in [2.05, 4.69) is 43.9 Å². The van der Waals surface area contributed by atoms with E-state index in [4.69, 9.17) is 28.2 Å². The van der Waals surface area contributed by atoms with Gasteiger partial charge < -0.3 is 5.32 Å². The molecule has 2 nitrogen and oxygen atoms in total. The molecular formula is C25H27Cl2FN2. The van der Waals surface area contributed by atoms with Crippen LogP contribution in [0.25, 0.3) is 22.2 Å². The first-order valence-electron chi connectivity index (χ1n) is 10.3. The first kappa shape index (κ1) is 22.6. The number of hydrogen-bond acceptors (Lipinski definition) is 2. The van der Waals surface area contributed by atoms with Gasteiger partial charge in [-0.15, -0.1) is 11.6 Å². The Labute approximate surface area is 188 Å². The third-order valence-corrected chi connectivity index (χ3v) is 5.45. The van der Waals surface area contributed by atoms with Crippen LogP contribution < -0.4 is 5.32 Å². The standard InChI is InChI=1S/C25H27Cl2FN2/c1-16(2)29-17(3)12-21-14-20-13-18(6-4-5-11-26)7-10-24(20)30-25(21)19-8-9-23(28)22(27)15-19/h7-10,13-16,29H,3-6,11-12H2,1-2H3. The number of nitrogens with zero attached hydrogens (tertiary/aromatic N) is 1. The third kappa shape index (κ3) is 5.74. The minimum absolute atomic E-state index is 0.0918. The number of unbranched alkanes of at least 4 members (excludes halogenated alkanes) is 1. The Morgan fingerprint density at radius 3 is 2.63 bits per heavy atom. The second-order valence-corrected chi connectivity index (χ2v) is 8.66. The largest absolute Gasteiger partial charge is 0.386 e. The van der Waals surface area contributed by atoms with Gasteiger partial charge in [0.2, 0.25) is 0 Å². The highest BCUT2D eigenvalue weighted by Gasteiger charge is 2.13. The highest BCUT2D eigenvalue weighted by Crippen LogP contribution is 2.30. The predicted molar refractivity (Wildman–Crippen MR) is 127 cm³/mol. The van der Waals surface area contributed by atoms with Crippen molar-refractivity contribution in [3.63, 3.8) is 0 Å². The van der Waals surface area contributed by atoms with Crippen molar-refractivity contribution in [3.8, 4) is 11.3 Å². The summed E-state index contributed by atoms with van der Waals surface area (Å²) in [5, 5.41) is 4.54. The number of benzene rings is 2. The van der Waals surface area contributed by atoms with Crippen LogP contribution >= 0.6 is 23.2 Å². The summed E-state index contributed by atoms with van der Waals surface area (Å²) in [4.78, 5) is 4.91. The summed E-state index contributed by atoms with van der Waals surface area (Å²) >= 11 is 11.9. The fourth-order valence-corrected chi connectivity index (χ4v) is 3.94. The van der Waals surface area contributed by atoms with Crippen molar-refractivity contribution in [2.75, 3.05) is 5.88 Å². The van der Waals surface area contributed by atoms with E-state index < -0.39 is 5.82 Å². The molecule has 158 valence electrons. The number of rotatable bonds is 9. The molecule has 0 saturated carbocycles. The van der Waals surface area contributed by atoms with E-state index in [1.54, 1.807) is 12.1 Å². The predicted octanol–water partition coefficient (Wildman–Crippen LogP) is 7.31. The molecule has 0 amide bonds. The SMILES string of the molecule is C=C(Cc1cc2cc(CCCCCl)ccc2nc1-c1ccc(F)c(Cl)c1)NC(C)C. The van der Waals surface area contributed by atoms with E-state index in [0.29, 0.717) is 18.3 Å². The Hall–Kier alpha value is -2.10. The average Bonchev–Trinajstić information content (AvgIpc) is 2.69. The molecule has 0 spiro atoms. The summed E-state index contributed by atoms with van der Waals surface area (Å²) in [6.07, 6.45) is 3.70. The van der Waals surface area contributed by atoms with E-state index >= 15 is 0 Å². The lowest BCUT2D eigenvalue weighted by Crippen LogP contribution is -2.22. The molecule has 0 aliphatic carbocycles. The quantitative estimate of drug-likeness (QED) is 0.276. The highest BCUT2D eigenvalue weighted by atomic mass is 35.5. The fourth-order valence-electron chi connectivity index (χ4n) is 3.57. The zero-order valence-corrected chi connectivity index (χ0v) is 19.0. The summed E-state index contributed by atoms with van der Waals surface area (Å²) in [5.41, 5.74) is 5.71. The van der Waals surface area contributed by atoms with Gasteiger partial charge in [0.25, 0.3) is 0 Å². The Morgan fingerprint density at radius 2 is 1.93 bits per heavy atom. The van der Waals surface area contributed by atoms with Crippen LogP contribution in [0.5, 0.6) is 0 Å². The molecule has 5 heteroatoms. The lowest BCUT2D eigenvalue weighted by Gasteiger charge is -2.16. The number of hydrogen-bond donors (Lipinski definition) is 1. The molecule has 3 aromatic rings. The van der Waals surface area contributed by atoms with Crippen LogP contribution in [-0.4, -0.2) is 16.9 Å². The van der Waals surface area contributed by atoms with Crippen LogP contribution in [0.4, 0.5) is 4.39 Å². The zero-order chi connectivity index (χ0) is 21.7. The molecule has 30 heavy (non-hydrogen) atoms. The monoisotopic (exact) mass is 444 g/mol. The Kier molecular flexibility index (Phi) is 7.74. The summed E-state index contributed by atoms with van der Waals surface area (Å²) in [6, 6.07) is 13.5. The lowest BCUT2D eigenvalue weighted by molar-refractivity contribution is 0.628. The second kappa shape index (κ2) is 10.3. The zero-order valence-electron chi connectivity index (χ0n) is 17.4. The summed E-state index contributed by atoms with van der Waals surface area (Å²) < 4.78 is 13.7. The van der Waals surface area contributed by atoms with Crippen LogP contribution in [0.15, 0.2) is 54.7 Å². The number of nitrogens with one attached hydrogen (secondary N) is 1. The Bertz CT molecular complexity index is 1050. The topological polar surface area (TPSA) is 24.9 Å². The maximum atomic E-state index is 13.7. The van der Waals surface area contributed by atoms with Gasteiger partial charge in [-0.2, -0.15) is 0 Å². The fraction of sp³-hybridized carbons (Fsp3) is 0.320. The van der Waals surface area contributed by atoms with Crippen LogP contribution in [0.3, 0.4) is 0 Å². The minimum atomic E-state index is -0.435. The summed E-state index contributed by atoms with van der Waals surface area (Å²) in [7, 11) is 0. The minimum Gasteiger partial charge on any atom is -0.386 e. The van der Waals surface area contributed by atoms with E-state index in [9.17, 15) is 4.39 Å². The van der Waals surface area contributed by atoms with Crippen LogP contribution in [0.2, 0.25) is 5.02 Å². The van der Waals surface area contributed by atoms with Gasteiger partial charge in [-0.1, -0.05) is 24.2 Å². The van der Waals surface area contributed by atoms with Crippen molar-refractivity contribution in [3.05, 3.63) is 76.7 Å². The first-order chi connectivity index (χ1) is 14.4. The molecule has 1 heterocycles. The third-order valence-electron chi connectivity index (χ3n) is 4.90. The Balaban J connectivity index is 2.05. The number of aryl methyl sites for hydroxylation is 1. The normalized spacial score (nSPS) is 11.3. The van der Waals surface area contributed by atoms with Crippen molar-refractivity contribution in [1.82, 2.24) is 10.3 Å². The number of pyridine rings is 1. The average molecular weight is 445 g/mol. The van der Waals surface area contributed by atoms with Crippen molar-refractivity contribution in [2.24, 2.45) is 0 Å². The maximum absolute atomic E-state index is 13.7. The van der Waals surface area contributed by atoms with Crippen LogP contribution in [-0.2, 0) is 12.8 Å². The van der Waals surface area contributed by atoms with Gasteiger partial charge in [-0.3, -0.25) is 0 Å². The first-order valence-corrected chi connectivity index (χ1v) is 11.2. The Morgan fingerprint density at radius 1 is 1.13 bits per heavy atom. The van der Waals surface area contributed by atoms with Crippen molar-refractivity contribution < 1.29 is 4.39 Å². The molecular weight excluding hydrogens is 418 g/mol. The number of halogens is 3. The molecule has 0 aliphatic heterocycles. The number of aromatic nitrogens is 1. The van der Waals surface area contributed by atoms with E-state index in [0.717, 1.165) is 52.7 Å². The molecule has 2 aromatic carbocycles. The number of alkyl halides is 1. The van der Waals surface area contributed by atoms with Gasteiger partial charge in [-0.05, 0) is 80.6 Å². The molecule has 0 fully saturated rings. The summed E-state index contributed by atoms with van der Waals surface area (Å²) in [5.74, 6) is 0.253. The molecule has 0 bridgehead atoms. The van der Waals surface area contributed by atoms with Gasteiger partial charge in [0.05, 0.1) is 16.2 Å². The lowest BCUT2D eigenvalue weighted by atomic mass is 9.98. The molecule has 3 rings (SSSR count). The van der Waals surface area contributed by atoms with E-state index in [1.807, 2.05) is 6.07 Å². The molecule has 0 radical (unpaired) electrons. The smallest absolute Gasteiger partial charge is 0.141 e. The molecule has 0 saturated heterocycles. The van der Waals surface area contributed by atoms with Crippen LogP contribution in [0.1, 0.15) is 37.8 Å². The number of fused-ring (bicyclic) bond motifs is 1. The molecule has 1 aromatic heterocycles. The molecule has 0 aliphatic rings. The molecule has 1 N–H and O–H groups in total. The maximum Gasteiger partial charge on any atom is 0.141 e. The number of allylic oxidation sites excluding steroid dienone is 1. The second-order valence-electron chi connectivity index (χ2n) is 7.88.